The van der Waals surface area contributed by atoms with Gasteiger partial charge < -0.3 is 14.4 Å². The van der Waals surface area contributed by atoms with Crippen molar-refractivity contribution in [1.82, 2.24) is 4.90 Å². The molecule has 2 atom stereocenters. The molecule has 0 radical (unpaired) electrons. The second-order valence-corrected chi connectivity index (χ2v) is 9.14. The molecule has 28 heavy (non-hydrogen) atoms. The number of hydrogen-bond donors (Lipinski definition) is 0. The van der Waals surface area contributed by atoms with Crippen LogP contribution in [0.25, 0.3) is 0 Å². The van der Waals surface area contributed by atoms with Crippen LogP contribution in [-0.2, 0) is 6.54 Å². The molecule has 5 heteroatoms. The van der Waals surface area contributed by atoms with E-state index < -0.39 is 0 Å². The second kappa shape index (κ2) is 7.53. The van der Waals surface area contributed by atoms with Gasteiger partial charge in [0.25, 0.3) is 0 Å². The Morgan fingerprint density at radius 2 is 1.89 bits per heavy atom. The molecule has 0 saturated carbocycles. The number of benzene rings is 2. The number of nitrogens with zero attached hydrogens (tertiary/aromatic N) is 2. The van der Waals surface area contributed by atoms with Crippen molar-refractivity contribution < 1.29 is 9.47 Å². The number of rotatable bonds is 4. The maximum absolute atomic E-state index is 5.46. The van der Waals surface area contributed by atoms with Crippen LogP contribution in [0, 0.1) is 0 Å². The number of ether oxygens (including phenoxy) is 2. The third-order valence-electron chi connectivity index (χ3n) is 6.40. The number of methoxy groups -OCH3 is 2. The molecule has 0 unspecified atom stereocenters. The first kappa shape index (κ1) is 18.2. The normalized spacial score (nSPS) is 23.7. The van der Waals surface area contributed by atoms with Gasteiger partial charge in [-0.15, -0.1) is 11.8 Å². The molecular weight excluding hydrogens is 368 g/mol. The van der Waals surface area contributed by atoms with E-state index in [1.54, 1.807) is 25.5 Å². The summed E-state index contributed by atoms with van der Waals surface area (Å²) in [6, 6.07) is 13.8. The smallest absolute Gasteiger partial charge is 0.122 e. The molecule has 148 valence electrons. The predicted octanol–water partition coefficient (Wildman–Crippen LogP) is 4.38. The zero-order valence-corrected chi connectivity index (χ0v) is 17.5. The Hall–Kier alpha value is -1.85. The van der Waals surface area contributed by atoms with E-state index in [1.807, 2.05) is 17.8 Å². The maximum Gasteiger partial charge on any atom is 0.122 e. The first-order valence-corrected chi connectivity index (χ1v) is 11.2. The lowest BCUT2D eigenvalue weighted by Gasteiger charge is -2.39. The Balaban J connectivity index is 1.39. The zero-order valence-electron chi connectivity index (χ0n) is 16.7. The third-order valence-corrected chi connectivity index (χ3v) is 7.53. The standard InChI is InChI=1S/C23H28N2O2S/c1-26-17-11-16(12-18(13-17)27-2)14-24-9-7-21-20(15-24)19-5-3-6-22-23(19)25(21)8-4-10-28-22/h3,5-6,11-13,20-21H,4,7-10,14-15H2,1-2H3/t20-,21-/m1/s1. The van der Waals surface area contributed by atoms with Crippen molar-refractivity contribution in [3.05, 3.63) is 47.5 Å². The monoisotopic (exact) mass is 396 g/mol. The number of likely N-dealkylation sites (tertiary alicyclic amines) is 1. The van der Waals surface area contributed by atoms with E-state index in [0.717, 1.165) is 31.1 Å². The van der Waals surface area contributed by atoms with Crippen molar-refractivity contribution in [2.24, 2.45) is 0 Å². The van der Waals surface area contributed by atoms with Crippen LogP contribution < -0.4 is 14.4 Å². The van der Waals surface area contributed by atoms with Gasteiger partial charge in [0.1, 0.15) is 11.5 Å². The van der Waals surface area contributed by atoms with Crippen molar-refractivity contribution >= 4 is 17.4 Å². The molecule has 0 spiro atoms. The quantitative estimate of drug-likeness (QED) is 0.764. The van der Waals surface area contributed by atoms with Gasteiger partial charge in [-0.2, -0.15) is 0 Å². The summed E-state index contributed by atoms with van der Waals surface area (Å²) in [5.74, 6) is 3.60. The summed E-state index contributed by atoms with van der Waals surface area (Å²) >= 11 is 2.04. The van der Waals surface area contributed by atoms with Gasteiger partial charge in [-0.25, -0.2) is 0 Å². The van der Waals surface area contributed by atoms with Crippen molar-refractivity contribution in [2.45, 2.75) is 36.2 Å². The Kier molecular flexibility index (Phi) is 4.89. The summed E-state index contributed by atoms with van der Waals surface area (Å²) in [4.78, 5) is 6.84. The van der Waals surface area contributed by atoms with Gasteiger partial charge in [0.15, 0.2) is 0 Å². The SMILES string of the molecule is COc1cc(CN2CC[C@@H]3[C@H](C2)c2cccc4c2N3CCCS4)cc(OC)c1. The summed E-state index contributed by atoms with van der Waals surface area (Å²) in [6.45, 7) is 4.43. The minimum Gasteiger partial charge on any atom is -0.497 e. The molecule has 1 fully saturated rings. The average Bonchev–Trinajstić information content (AvgIpc) is 2.88. The lowest BCUT2D eigenvalue weighted by atomic mass is 9.89. The van der Waals surface area contributed by atoms with Crippen LogP contribution in [-0.4, -0.2) is 50.5 Å². The minimum absolute atomic E-state index is 0.620. The number of thioether (sulfide) groups is 1. The Morgan fingerprint density at radius 1 is 1.07 bits per heavy atom. The molecule has 2 aromatic rings. The second-order valence-electron chi connectivity index (χ2n) is 8.01. The van der Waals surface area contributed by atoms with Crippen LogP contribution in [0.15, 0.2) is 41.3 Å². The van der Waals surface area contributed by atoms with Crippen LogP contribution in [0.4, 0.5) is 5.69 Å². The lowest BCUT2D eigenvalue weighted by Crippen LogP contribution is -2.46. The summed E-state index contributed by atoms with van der Waals surface area (Å²) in [7, 11) is 3.43. The van der Waals surface area contributed by atoms with E-state index in [4.69, 9.17) is 9.47 Å². The highest BCUT2D eigenvalue weighted by molar-refractivity contribution is 7.99. The number of hydrogen-bond acceptors (Lipinski definition) is 5. The first-order valence-electron chi connectivity index (χ1n) is 10.2. The Morgan fingerprint density at radius 3 is 2.68 bits per heavy atom. The number of anilines is 1. The van der Waals surface area contributed by atoms with Gasteiger partial charge in [0.05, 0.1) is 19.9 Å². The summed E-state index contributed by atoms with van der Waals surface area (Å²) in [6.07, 6.45) is 2.53. The Labute approximate surface area is 171 Å². The van der Waals surface area contributed by atoms with Crippen LogP contribution in [0.3, 0.4) is 0 Å². The average molecular weight is 397 g/mol. The molecule has 0 amide bonds. The summed E-state index contributed by atoms with van der Waals surface area (Å²) in [5.41, 5.74) is 4.38. The molecule has 4 nitrogen and oxygen atoms in total. The van der Waals surface area contributed by atoms with E-state index in [2.05, 4.69) is 40.1 Å². The van der Waals surface area contributed by atoms with Gasteiger partial charge in [-0.05, 0) is 47.9 Å². The highest BCUT2D eigenvalue weighted by Crippen LogP contribution is 2.50. The van der Waals surface area contributed by atoms with Gasteiger partial charge in [0, 0.05) is 49.1 Å². The predicted molar refractivity (Wildman–Crippen MR) is 115 cm³/mol. The van der Waals surface area contributed by atoms with Crippen molar-refractivity contribution in [1.29, 1.82) is 0 Å². The van der Waals surface area contributed by atoms with Gasteiger partial charge >= 0.3 is 0 Å². The molecule has 0 bridgehead atoms. The number of piperidine rings is 1. The molecule has 0 aromatic heterocycles. The molecule has 2 aromatic carbocycles. The van der Waals surface area contributed by atoms with Crippen LogP contribution >= 0.6 is 11.8 Å². The van der Waals surface area contributed by atoms with E-state index in [1.165, 1.54) is 35.6 Å². The van der Waals surface area contributed by atoms with E-state index in [0.29, 0.717) is 12.0 Å². The lowest BCUT2D eigenvalue weighted by molar-refractivity contribution is 0.185. The topological polar surface area (TPSA) is 24.9 Å². The van der Waals surface area contributed by atoms with Gasteiger partial charge in [-0.3, -0.25) is 4.90 Å². The van der Waals surface area contributed by atoms with E-state index >= 15 is 0 Å². The fraction of sp³-hybridized carbons (Fsp3) is 0.478. The molecule has 0 aliphatic carbocycles. The fourth-order valence-corrected chi connectivity index (χ4v) is 6.21. The summed E-state index contributed by atoms with van der Waals surface area (Å²) < 4.78 is 10.9. The van der Waals surface area contributed by atoms with Crippen molar-refractivity contribution in [3.8, 4) is 11.5 Å². The zero-order chi connectivity index (χ0) is 19.1. The fourth-order valence-electron chi connectivity index (χ4n) is 5.17. The molecule has 3 aliphatic rings. The van der Waals surface area contributed by atoms with Gasteiger partial charge in [-0.1, -0.05) is 12.1 Å². The number of fused-ring (bicyclic) bond motifs is 3. The van der Waals surface area contributed by atoms with E-state index in [9.17, 15) is 0 Å². The van der Waals surface area contributed by atoms with Crippen LogP contribution in [0.5, 0.6) is 11.5 Å². The van der Waals surface area contributed by atoms with Crippen molar-refractivity contribution in [2.75, 3.05) is 44.5 Å². The highest BCUT2D eigenvalue weighted by atomic mass is 32.2. The van der Waals surface area contributed by atoms with Crippen LogP contribution in [0.2, 0.25) is 0 Å². The summed E-state index contributed by atoms with van der Waals surface area (Å²) in [5, 5.41) is 0. The molecular formula is C23H28N2O2S. The molecule has 3 heterocycles. The molecule has 3 aliphatic heterocycles. The molecule has 0 N–H and O–H groups in total. The highest BCUT2D eigenvalue weighted by Gasteiger charge is 2.43. The molecule has 5 rings (SSSR count). The van der Waals surface area contributed by atoms with E-state index in [-0.39, 0.29) is 0 Å². The maximum atomic E-state index is 5.46. The first-order chi connectivity index (χ1) is 13.8. The third kappa shape index (κ3) is 3.15. The Bertz CT molecular complexity index is 849. The van der Waals surface area contributed by atoms with Crippen LogP contribution in [0.1, 0.15) is 29.9 Å². The van der Waals surface area contributed by atoms with Crippen molar-refractivity contribution in [3.63, 3.8) is 0 Å². The molecule has 1 saturated heterocycles. The minimum atomic E-state index is 0.620. The largest absolute Gasteiger partial charge is 0.497 e. The number of para-hydroxylation sites is 1. The van der Waals surface area contributed by atoms with Gasteiger partial charge in [0.2, 0.25) is 0 Å².